The first-order valence-electron chi connectivity index (χ1n) is 10.1. The van der Waals surface area contributed by atoms with Crippen LogP contribution in [0.15, 0.2) is 75.3 Å². The number of carbonyl (C=O) groups is 1. The maximum absolute atomic E-state index is 13.1. The second-order valence-electron chi connectivity index (χ2n) is 7.56. The van der Waals surface area contributed by atoms with E-state index in [1.807, 2.05) is 0 Å². The number of aromatic nitrogens is 2. The Labute approximate surface area is 198 Å². The fourth-order valence-electron chi connectivity index (χ4n) is 3.42. The number of sulfone groups is 1. The number of rotatable bonds is 7. The van der Waals surface area contributed by atoms with Crippen LogP contribution < -0.4 is 21.3 Å². The Morgan fingerprint density at radius 1 is 1.03 bits per heavy atom. The maximum atomic E-state index is 13.1. The molecule has 0 bridgehead atoms. The van der Waals surface area contributed by atoms with Crippen LogP contribution in [0.2, 0.25) is 0 Å². The van der Waals surface area contributed by atoms with E-state index in [4.69, 9.17) is 4.74 Å². The highest BCUT2D eigenvalue weighted by molar-refractivity contribution is 7.91. The molecule has 0 unspecified atom stereocenters. The summed E-state index contributed by atoms with van der Waals surface area (Å²) in [5.74, 6) is 0.190. The molecule has 4 aromatic rings. The van der Waals surface area contributed by atoms with Crippen LogP contribution in [-0.4, -0.2) is 36.7 Å². The minimum absolute atomic E-state index is 0.0867. The Kier molecular flexibility index (Phi) is 6.40. The number of nitrogens with zero attached hydrogens (tertiary/aromatic N) is 2. The van der Waals surface area contributed by atoms with Gasteiger partial charge < -0.3 is 10.1 Å². The molecule has 11 heteroatoms. The highest BCUT2D eigenvalue weighted by Gasteiger charge is 2.25. The number of hydrogen-bond donors (Lipinski definition) is 1. The van der Waals surface area contributed by atoms with Gasteiger partial charge >= 0.3 is 5.69 Å². The molecular weight excluding hydrogens is 478 g/mol. The Morgan fingerprint density at radius 2 is 1.71 bits per heavy atom. The third-order valence-corrected chi connectivity index (χ3v) is 7.48. The summed E-state index contributed by atoms with van der Waals surface area (Å²) in [6, 6.07) is 15.9. The highest BCUT2D eigenvalue weighted by atomic mass is 32.2. The lowest BCUT2D eigenvalue weighted by Gasteiger charge is -2.08. The van der Waals surface area contributed by atoms with Crippen molar-refractivity contribution in [3.05, 3.63) is 97.6 Å². The minimum Gasteiger partial charge on any atom is -0.497 e. The van der Waals surface area contributed by atoms with Gasteiger partial charge in [-0.3, -0.25) is 18.6 Å². The fraction of sp³-hybridized carbons (Fsp3) is 0.174. The van der Waals surface area contributed by atoms with Gasteiger partial charge in [0.15, 0.2) is 14.7 Å². The van der Waals surface area contributed by atoms with Crippen LogP contribution in [0.3, 0.4) is 0 Å². The summed E-state index contributed by atoms with van der Waals surface area (Å²) < 4.78 is 32.0. The topological polar surface area (TPSA) is 116 Å². The van der Waals surface area contributed by atoms with Crippen molar-refractivity contribution >= 4 is 31.9 Å². The van der Waals surface area contributed by atoms with Gasteiger partial charge in [-0.1, -0.05) is 42.5 Å². The van der Waals surface area contributed by atoms with Gasteiger partial charge in [0.2, 0.25) is 0 Å². The van der Waals surface area contributed by atoms with Crippen LogP contribution in [0.25, 0.3) is 4.83 Å². The molecule has 176 valence electrons. The number of carbonyl (C=O) groups excluding carboxylic acids is 1. The standard InChI is InChI=1S/C23H21N3O6S2/c1-32-17-10-8-15(9-11-17)12-24-20(27)18-14-26-22(33-18)19(34(2,30)31)21(28)25(23(26)29)13-16-6-4-3-5-7-16/h3-11,14H,12-13H2,1-2H3,(H,24,27). The first-order chi connectivity index (χ1) is 16.2. The zero-order valence-corrected chi connectivity index (χ0v) is 20.0. The third-order valence-electron chi connectivity index (χ3n) is 5.13. The average Bonchev–Trinajstić information content (AvgIpc) is 3.25. The van der Waals surface area contributed by atoms with Crippen molar-refractivity contribution in [2.75, 3.05) is 13.4 Å². The highest BCUT2D eigenvalue weighted by Crippen LogP contribution is 2.22. The lowest BCUT2D eigenvalue weighted by Crippen LogP contribution is -2.40. The predicted octanol–water partition coefficient (Wildman–Crippen LogP) is 1.91. The number of ether oxygens (including phenoxy) is 1. The minimum atomic E-state index is -3.99. The second-order valence-corrected chi connectivity index (χ2v) is 10.5. The van der Waals surface area contributed by atoms with E-state index in [9.17, 15) is 22.8 Å². The quantitative estimate of drug-likeness (QED) is 0.415. The molecule has 0 fully saturated rings. The number of fused-ring (bicyclic) bond motifs is 1. The average molecular weight is 500 g/mol. The SMILES string of the molecule is COc1ccc(CNC(=O)c2cn3c(=O)n(Cc4ccccc4)c(=O)c(S(C)(=O)=O)c3s2)cc1. The van der Waals surface area contributed by atoms with E-state index in [1.54, 1.807) is 61.7 Å². The molecule has 2 heterocycles. The molecule has 9 nitrogen and oxygen atoms in total. The molecule has 0 saturated carbocycles. The van der Waals surface area contributed by atoms with Gasteiger partial charge in [0, 0.05) is 19.0 Å². The van der Waals surface area contributed by atoms with Crippen molar-refractivity contribution < 1.29 is 17.9 Å². The third kappa shape index (κ3) is 4.66. The molecule has 0 radical (unpaired) electrons. The largest absolute Gasteiger partial charge is 0.497 e. The van der Waals surface area contributed by atoms with E-state index in [0.29, 0.717) is 11.3 Å². The van der Waals surface area contributed by atoms with E-state index < -0.39 is 31.9 Å². The summed E-state index contributed by atoms with van der Waals surface area (Å²) in [4.78, 5) is 38.4. The Morgan fingerprint density at radius 3 is 2.32 bits per heavy atom. The lowest BCUT2D eigenvalue weighted by molar-refractivity contribution is 0.0954. The molecule has 1 N–H and O–H groups in total. The van der Waals surface area contributed by atoms with Gasteiger partial charge in [-0.2, -0.15) is 0 Å². The zero-order chi connectivity index (χ0) is 24.5. The fourth-order valence-corrected chi connectivity index (χ4v) is 5.79. The summed E-state index contributed by atoms with van der Waals surface area (Å²) in [6.45, 7) is 0.116. The molecule has 0 spiro atoms. The Bertz CT molecular complexity index is 1580. The van der Waals surface area contributed by atoms with Gasteiger partial charge in [0.05, 0.1) is 13.7 Å². The molecule has 0 aliphatic rings. The molecule has 0 aliphatic heterocycles. The first kappa shape index (κ1) is 23.5. The Hall–Kier alpha value is -3.70. The van der Waals surface area contributed by atoms with E-state index in [2.05, 4.69) is 5.32 Å². The monoisotopic (exact) mass is 499 g/mol. The van der Waals surface area contributed by atoms with Crippen LogP contribution in [0.5, 0.6) is 5.75 Å². The van der Waals surface area contributed by atoms with Crippen molar-refractivity contribution in [1.82, 2.24) is 14.3 Å². The van der Waals surface area contributed by atoms with Crippen LogP contribution in [0.1, 0.15) is 20.8 Å². The normalized spacial score (nSPS) is 11.5. The smallest absolute Gasteiger partial charge is 0.336 e. The van der Waals surface area contributed by atoms with E-state index in [-0.39, 0.29) is 22.8 Å². The van der Waals surface area contributed by atoms with Gasteiger partial charge in [-0.25, -0.2) is 13.2 Å². The predicted molar refractivity (Wildman–Crippen MR) is 129 cm³/mol. The molecule has 2 aromatic carbocycles. The Balaban J connectivity index is 1.74. The van der Waals surface area contributed by atoms with E-state index in [0.717, 1.165) is 32.1 Å². The van der Waals surface area contributed by atoms with Gasteiger partial charge in [0.1, 0.15) is 15.5 Å². The molecule has 4 rings (SSSR count). The van der Waals surface area contributed by atoms with E-state index >= 15 is 0 Å². The van der Waals surface area contributed by atoms with Crippen LogP contribution in [0.4, 0.5) is 0 Å². The molecule has 0 atom stereocenters. The van der Waals surface area contributed by atoms with Gasteiger partial charge in [-0.15, -0.1) is 11.3 Å². The summed E-state index contributed by atoms with van der Waals surface area (Å²) in [5.41, 5.74) is -0.148. The molecule has 0 aliphatic carbocycles. The molecule has 0 saturated heterocycles. The number of amides is 1. The first-order valence-corrected chi connectivity index (χ1v) is 12.8. The van der Waals surface area contributed by atoms with Crippen molar-refractivity contribution in [1.29, 1.82) is 0 Å². The number of nitrogens with one attached hydrogen (secondary N) is 1. The second kappa shape index (κ2) is 9.27. The zero-order valence-electron chi connectivity index (χ0n) is 18.3. The molecular formula is C23H21N3O6S2. The lowest BCUT2D eigenvalue weighted by atomic mass is 10.2. The van der Waals surface area contributed by atoms with Crippen LogP contribution in [0, 0.1) is 0 Å². The van der Waals surface area contributed by atoms with Crippen LogP contribution in [-0.2, 0) is 22.9 Å². The summed E-state index contributed by atoms with van der Waals surface area (Å²) in [7, 11) is -2.43. The molecule has 1 amide bonds. The van der Waals surface area contributed by atoms with Crippen molar-refractivity contribution in [2.24, 2.45) is 0 Å². The van der Waals surface area contributed by atoms with Gasteiger partial charge in [0.25, 0.3) is 11.5 Å². The summed E-state index contributed by atoms with van der Waals surface area (Å²) in [6.07, 6.45) is 2.17. The van der Waals surface area contributed by atoms with Crippen molar-refractivity contribution in [3.8, 4) is 5.75 Å². The van der Waals surface area contributed by atoms with Crippen LogP contribution >= 0.6 is 11.3 Å². The summed E-state index contributed by atoms with van der Waals surface area (Å²) >= 11 is 0.782. The molecule has 2 aromatic heterocycles. The molecule has 34 heavy (non-hydrogen) atoms. The van der Waals surface area contributed by atoms with E-state index in [1.165, 1.54) is 6.20 Å². The number of benzene rings is 2. The maximum Gasteiger partial charge on any atom is 0.336 e. The van der Waals surface area contributed by atoms with Crippen molar-refractivity contribution in [2.45, 2.75) is 18.0 Å². The van der Waals surface area contributed by atoms with Crippen molar-refractivity contribution in [3.63, 3.8) is 0 Å². The number of hydrogen-bond acceptors (Lipinski definition) is 7. The number of methoxy groups -OCH3 is 1. The summed E-state index contributed by atoms with van der Waals surface area (Å²) in [5, 5.41) is 2.74. The van der Waals surface area contributed by atoms with Gasteiger partial charge in [-0.05, 0) is 23.3 Å². The number of thiazole rings is 1.